The number of amides is 2. The maximum Gasteiger partial charge on any atom is 0.311 e. The minimum atomic E-state index is -0.565. The van der Waals surface area contributed by atoms with Gasteiger partial charge >= 0.3 is 17.9 Å². The van der Waals surface area contributed by atoms with Crippen LogP contribution in [0.3, 0.4) is 0 Å². The number of Topliss-reactive ketones (excluding diaryl/α,β-unsaturated/α-hetero) is 1. The Morgan fingerprint density at radius 1 is 0.259 bits per heavy atom. The van der Waals surface area contributed by atoms with Gasteiger partial charge in [0, 0.05) is 63.7 Å². The molecule has 0 fully saturated rings. The summed E-state index contributed by atoms with van der Waals surface area (Å²) in [7, 11) is 0. The number of hydrogen-bond acceptors (Lipinski definition) is 11. The lowest BCUT2D eigenvalue weighted by Gasteiger charge is -2.27. The van der Waals surface area contributed by atoms with Gasteiger partial charge in [0.2, 0.25) is 11.8 Å². The quantitative estimate of drug-likeness (QED) is 0.0339. The Kier molecular flexibility index (Phi) is 80.7. The van der Waals surface area contributed by atoms with Crippen LogP contribution in [0, 0.1) is 16.7 Å². The summed E-state index contributed by atoms with van der Waals surface area (Å²) in [5.74, 6) is 0.795. The number of ether oxygens (including phenoxy) is 3. The monoisotopic (exact) mass is 1640 g/mol. The molecule has 0 aliphatic heterocycles. The average molecular weight is 1640 g/mol. The Morgan fingerprint density at radius 3 is 0.897 bits per heavy atom. The molecular formula is C103H200N4O9. The summed E-state index contributed by atoms with van der Waals surface area (Å²) in [5.41, 5.74) is -0.867. The molecule has 2 atom stereocenters. The fourth-order valence-corrected chi connectivity index (χ4v) is 16.9. The number of nitrogens with zero attached hydrogens (tertiary/aromatic N) is 2. The second kappa shape index (κ2) is 82.9. The van der Waals surface area contributed by atoms with Crippen LogP contribution in [0.15, 0.2) is 0 Å². The maximum atomic E-state index is 13.8. The molecule has 0 aromatic rings. The highest BCUT2D eigenvalue weighted by atomic mass is 16.6. The molecule has 116 heavy (non-hydrogen) atoms. The summed E-state index contributed by atoms with van der Waals surface area (Å²) in [4.78, 5) is 85.4. The molecule has 0 aliphatic carbocycles. The minimum Gasteiger partial charge on any atom is -0.462 e. The van der Waals surface area contributed by atoms with Gasteiger partial charge in [-0.15, -0.1) is 0 Å². The van der Waals surface area contributed by atoms with Gasteiger partial charge in [-0.1, -0.05) is 371 Å². The van der Waals surface area contributed by atoms with Crippen molar-refractivity contribution in [2.45, 2.75) is 557 Å². The Labute approximate surface area is 721 Å². The standard InChI is InChI=1S/C103H200N4O9/c1-13-21-27-33-39-41-48-57-73-93(19-7)114-99(111)79-62-54-67-88-106(86-65-52-43-50-61-78-100(112)115-95(75-59-46-37-31-25-17-5)76-60-47-38-32-26-18-6)90-84-104-97(109)80-81-98(110)105-85-91-107(89-68-64-83-103(11,12)101(113)116-94(20-8)74-58-49-42-40-34-28-22-14-2)87-66-53-51-63-82-102(9,10)96(108)77-69-72-92(70-55-44-35-29-23-15-3)71-56-45-36-30-24-16-4/h92-95H,13-91H2,1-12H3,(H,104,109)(H,105,110). The molecule has 0 radical (unpaired) electrons. The molecule has 0 heterocycles. The Morgan fingerprint density at radius 2 is 0.526 bits per heavy atom. The van der Waals surface area contributed by atoms with Crippen LogP contribution >= 0.6 is 0 Å². The highest BCUT2D eigenvalue weighted by Gasteiger charge is 2.31. The second-order valence-corrected chi connectivity index (χ2v) is 37.6. The molecule has 686 valence electrons. The summed E-state index contributed by atoms with van der Waals surface area (Å²) in [6.07, 6.45) is 79.5. The van der Waals surface area contributed by atoms with Crippen LogP contribution in [0.5, 0.6) is 0 Å². The first-order chi connectivity index (χ1) is 56.3. The van der Waals surface area contributed by atoms with E-state index in [9.17, 15) is 28.8 Å². The van der Waals surface area contributed by atoms with Crippen molar-refractivity contribution < 1.29 is 43.0 Å². The first kappa shape index (κ1) is 113. The van der Waals surface area contributed by atoms with Crippen molar-refractivity contribution in [2.75, 3.05) is 52.4 Å². The van der Waals surface area contributed by atoms with Gasteiger partial charge in [0.25, 0.3) is 0 Å². The van der Waals surface area contributed by atoms with Crippen molar-refractivity contribution in [1.82, 2.24) is 20.4 Å². The summed E-state index contributed by atoms with van der Waals surface area (Å²) in [5, 5.41) is 6.30. The van der Waals surface area contributed by atoms with E-state index in [0.717, 1.165) is 205 Å². The number of esters is 3. The molecule has 0 bridgehead atoms. The zero-order valence-electron chi connectivity index (χ0n) is 79.7. The van der Waals surface area contributed by atoms with Gasteiger partial charge in [-0.2, -0.15) is 0 Å². The van der Waals surface area contributed by atoms with Crippen LogP contribution in [0.2, 0.25) is 0 Å². The Balaban J connectivity index is 5.76. The number of rotatable bonds is 92. The van der Waals surface area contributed by atoms with E-state index in [1.54, 1.807) is 0 Å². The molecular weight excluding hydrogens is 1440 g/mol. The molecule has 0 aromatic heterocycles. The van der Waals surface area contributed by atoms with Gasteiger partial charge in [0.15, 0.2) is 0 Å². The van der Waals surface area contributed by atoms with Crippen LogP contribution in [0.4, 0.5) is 0 Å². The normalized spacial score (nSPS) is 12.6. The van der Waals surface area contributed by atoms with Crippen LogP contribution in [-0.4, -0.2) is 116 Å². The van der Waals surface area contributed by atoms with Gasteiger partial charge in [-0.3, -0.25) is 28.8 Å². The third kappa shape index (κ3) is 72.6. The first-order valence-electron chi connectivity index (χ1n) is 51.5. The summed E-state index contributed by atoms with van der Waals surface area (Å²) in [6, 6.07) is 0. The lowest BCUT2D eigenvalue weighted by atomic mass is 9.80. The topological polar surface area (TPSA) is 161 Å². The van der Waals surface area contributed by atoms with Gasteiger partial charge < -0.3 is 34.6 Å². The summed E-state index contributed by atoms with van der Waals surface area (Å²) in [6.45, 7) is 32.4. The van der Waals surface area contributed by atoms with E-state index in [1.807, 2.05) is 13.8 Å². The van der Waals surface area contributed by atoms with Crippen LogP contribution in [0.25, 0.3) is 0 Å². The summed E-state index contributed by atoms with van der Waals surface area (Å²) < 4.78 is 18.3. The Bertz CT molecular complexity index is 2170. The fourth-order valence-electron chi connectivity index (χ4n) is 16.9. The van der Waals surface area contributed by atoms with Crippen LogP contribution in [-0.2, 0) is 43.0 Å². The zero-order chi connectivity index (χ0) is 85.3. The Hall–Kier alpha value is -3.06. The summed E-state index contributed by atoms with van der Waals surface area (Å²) >= 11 is 0. The van der Waals surface area contributed by atoms with Crippen molar-refractivity contribution in [3.05, 3.63) is 0 Å². The molecule has 2 N–H and O–H groups in total. The highest BCUT2D eigenvalue weighted by Crippen LogP contribution is 2.32. The van der Waals surface area contributed by atoms with Crippen molar-refractivity contribution in [3.8, 4) is 0 Å². The second-order valence-electron chi connectivity index (χ2n) is 37.6. The average Bonchev–Trinajstić information content (AvgIpc) is 0.884. The highest BCUT2D eigenvalue weighted by molar-refractivity contribution is 5.84. The maximum absolute atomic E-state index is 13.8. The van der Waals surface area contributed by atoms with Gasteiger partial charge in [0.1, 0.15) is 24.1 Å². The molecule has 13 heteroatoms. The predicted octanol–water partition coefficient (Wildman–Crippen LogP) is 29.7. The first-order valence-corrected chi connectivity index (χ1v) is 51.5. The number of unbranched alkanes of at least 4 members (excludes halogenated alkanes) is 44. The molecule has 2 amide bonds. The zero-order valence-corrected chi connectivity index (χ0v) is 79.7. The molecule has 2 unspecified atom stereocenters. The lowest BCUT2D eigenvalue weighted by Crippen LogP contribution is -2.38. The number of hydrogen-bond donors (Lipinski definition) is 2. The van der Waals surface area contributed by atoms with Gasteiger partial charge in [-0.25, -0.2) is 0 Å². The van der Waals surface area contributed by atoms with Crippen LogP contribution < -0.4 is 10.6 Å². The molecule has 0 aromatic carbocycles. The number of nitrogens with one attached hydrogen (secondary N) is 2. The lowest BCUT2D eigenvalue weighted by molar-refractivity contribution is -0.160. The van der Waals surface area contributed by atoms with E-state index in [0.29, 0.717) is 51.2 Å². The third-order valence-corrected chi connectivity index (χ3v) is 25.4. The number of ketones is 1. The molecule has 0 saturated heterocycles. The fraction of sp³-hybridized carbons (Fsp3) is 0.942. The molecule has 0 rings (SSSR count). The van der Waals surface area contributed by atoms with Crippen molar-refractivity contribution in [3.63, 3.8) is 0 Å². The predicted molar refractivity (Wildman–Crippen MR) is 498 cm³/mol. The van der Waals surface area contributed by atoms with Crippen LogP contribution in [0.1, 0.15) is 539 Å². The van der Waals surface area contributed by atoms with Crippen molar-refractivity contribution >= 4 is 35.5 Å². The minimum absolute atomic E-state index is 0.0103. The number of carbonyl (C=O) groups excluding carboxylic acids is 6. The molecule has 0 spiro atoms. The van der Waals surface area contributed by atoms with Crippen molar-refractivity contribution in [2.24, 2.45) is 16.7 Å². The van der Waals surface area contributed by atoms with Crippen molar-refractivity contribution in [1.29, 1.82) is 0 Å². The molecule has 13 nitrogen and oxygen atoms in total. The van der Waals surface area contributed by atoms with E-state index in [4.69, 9.17) is 14.2 Å². The smallest absolute Gasteiger partial charge is 0.311 e. The van der Waals surface area contributed by atoms with E-state index >= 15 is 0 Å². The largest absolute Gasteiger partial charge is 0.462 e. The van der Waals surface area contributed by atoms with E-state index in [2.05, 4.69) is 89.7 Å². The van der Waals surface area contributed by atoms with Gasteiger partial charge in [-0.05, 0) is 168 Å². The van der Waals surface area contributed by atoms with E-state index in [-0.39, 0.29) is 66.3 Å². The van der Waals surface area contributed by atoms with Gasteiger partial charge in [0.05, 0.1) is 5.41 Å². The molecule has 0 aliphatic rings. The SMILES string of the molecule is CCCCCCCCCCC(CC)OC(=O)CCCCCN(CCCCCCCC(=O)OC(CCCCCCCC)CCCCCCCC)CCNC(=O)CCC(=O)NCCN(CCCCCCC(C)(C)C(=O)CCCC(CCCCCCCC)CCCCCCCC)CCCCC(C)(C)C(=O)OC(CC)CCCCCCCCCC. The molecule has 0 saturated carbocycles. The third-order valence-electron chi connectivity index (χ3n) is 25.4. The van der Waals surface area contributed by atoms with E-state index < -0.39 is 5.41 Å². The number of carbonyl (C=O) groups is 6. The van der Waals surface area contributed by atoms with E-state index in [1.165, 1.54) is 250 Å².